The second-order valence-electron chi connectivity index (χ2n) is 3.86. The van der Waals surface area contributed by atoms with E-state index in [4.69, 9.17) is 5.73 Å². The van der Waals surface area contributed by atoms with Gasteiger partial charge in [-0.15, -0.1) is 11.3 Å². The zero-order valence-corrected chi connectivity index (χ0v) is 10.5. The quantitative estimate of drug-likeness (QED) is 0.773. The van der Waals surface area contributed by atoms with E-state index in [1.165, 1.54) is 18.5 Å². The lowest BCUT2D eigenvalue weighted by atomic mass is 10.3. The van der Waals surface area contributed by atoms with Crippen molar-refractivity contribution >= 4 is 11.3 Å². The van der Waals surface area contributed by atoms with Crippen molar-refractivity contribution in [3.8, 4) is 0 Å². The fourth-order valence-electron chi connectivity index (χ4n) is 1.44. The first kappa shape index (κ1) is 12.6. The standard InChI is InChI=1S/C11H21N3S/c1-3-4-7-14(2)8-10-9-15-11(13-10)5-6-12/h9H,3-8,12H2,1-2H3. The minimum Gasteiger partial charge on any atom is -0.330 e. The van der Waals surface area contributed by atoms with E-state index in [9.17, 15) is 0 Å². The fourth-order valence-corrected chi connectivity index (χ4v) is 2.25. The fraction of sp³-hybridized carbons (Fsp3) is 0.727. The zero-order chi connectivity index (χ0) is 11.1. The molecule has 0 fully saturated rings. The van der Waals surface area contributed by atoms with E-state index in [2.05, 4.69) is 29.2 Å². The van der Waals surface area contributed by atoms with E-state index >= 15 is 0 Å². The predicted octanol–water partition coefficient (Wildman–Crippen LogP) is 1.88. The summed E-state index contributed by atoms with van der Waals surface area (Å²) in [5, 5.41) is 3.31. The molecule has 0 unspecified atom stereocenters. The summed E-state index contributed by atoms with van der Waals surface area (Å²) in [4.78, 5) is 6.87. The first-order valence-corrected chi connectivity index (χ1v) is 6.46. The second kappa shape index (κ2) is 6.93. The molecule has 15 heavy (non-hydrogen) atoms. The number of rotatable bonds is 7. The molecule has 1 aromatic rings. The van der Waals surface area contributed by atoms with Crippen LogP contribution >= 0.6 is 11.3 Å². The largest absolute Gasteiger partial charge is 0.330 e. The Morgan fingerprint density at radius 2 is 2.33 bits per heavy atom. The topological polar surface area (TPSA) is 42.1 Å². The van der Waals surface area contributed by atoms with Gasteiger partial charge in [0.15, 0.2) is 0 Å². The Labute approximate surface area is 96.3 Å². The van der Waals surface area contributed by atoms with Crippen LogP contribution in [0, 0.1) is 0 Å². The molecule has 0 atom stereocenters. The molecular weight excluding hydrogens is 206 g/mol. The summed E-state index contributed by atoms with van der Waals surface area (Å²) in [6.07, 6.45) is 3.42. The van der Waals surface area contributed by atoms with Crippen LogP contribution in [0.25, 0.3) is 0 Å². The summed E-state index contributed by atoms with van der Waals surface area (Å²) >= 11 is 1.72. The highest BCUT2D eigenvalue weighted by atomic mass is 32.1. The average molecular weight is 227 g/mol. The lowest BCUT2D eigenvalue weighted by molar-refractivity contribution is 0.317. The third-order valence-corrected chi connectivity index (χ3v) is 3.24. The van der Waals surface area contributed by atoms with Crippen LogP contribution in [0.5, 0.6) is 0 Å². The number of unbranched alkanes of at least 4 members (excludes halogenated alkanes) is 1. The first-order valence-electron chi connectivity index (χ1n) is 5.58. The minimum absolute atomic E-state index is 0.693. The van der Waals surface area contributed by atoms with Crippen molar-refractivity contribution in [2.24, 2.45) is 5.73 Å². The number of nitrogens with two attached hydrogens (primary N) is 1. The van der Waals surface area contributed by atoms with Gasteiger partial charge in [0.25, 0.3) is 0 Å². The third-order valence-electron chi connectivity index (χ3n) is 2.28. The highest BCUT2D eigenvalue weighted by Gasteiger charge is 2.04. The van der Waals surface area contributed by atoms with Crippen LogP contribution < -0.4 is 5.73 Å². The molecule has 3 nitrogen and oxygen atoms in total. The highest BCUT2D eigenvalue weighted by molar-refractivity contribution is 7.09. The van der Waals surface area contributed by atoms with Crippen LogP contribution in [0.2, 0.25) is 0 Å². The Hall–Kier alpha value is -0.450. The maximum absolute atomic E-state index is 5.49. The zero-order valence-electron chi connectivity index (χ0n) is 9.70. The van der Waals surface area contributed by atoms with Crippen LogP contribution in [-0.4, -0.2) is 30.0 Å². The van der Waals surface area contributed by atoms with E-state index in [-0.39, 0.29) is 0 Å². The van der Waals surface area contributed by atoms with Gasteiger partial charge >= 0.3 is 0 Å². The molecule has 0 amide bonds. The lowest BCUT2D eigenvalue weighted by Gasteiger charge is -2.13. The molecular formula is C11H21N3S. The van der Waals surface area contributed by atoms with E-state index in [0.29, 0.717) is 6.54 Å². The Morgan fingerprint density at radius 3 is 3.00 bits per heavy atom. The Balaban J connectivity index is 2.35. The third kappa shape index (κ3) is 4.73. The maximum atomic E-state index is 5.49. The summed E-state index contributed by atoms with van der Waals surface area (Å²) in [7, 11) is 2.15. The van der Waals surface area contributed by atoms with Crippen LogP contribution in [0.15, 0.2) is 5.38 Å². The van der Waals surface area contributed by atoms with Crippen molar-refractivity contribution in [2.75, 3.05) is 20.1 Å². The minimum atomic E-state index is 0.693. The number of nitrogens with zero attached hydrogens (tertiary/aromatic N) is 2. The predicted molar refractivity (Wildman–Crippen MR) is 66.1 cm³/mol. The molecule has 1 aromatic heterocycles. The SMILES string of the molecule is CCCCN(C)Cc1csc(CCN)n1. The van der Waals surface area contributed by atoms with Crippen molar-refractivity contribution < 1.29 is 0 Å². The summed E-state index contributed by atoms with van der Waals surface area (Å²) in [5.41, 5.74) is 6.68. The molecule has 0 bridgehead atoms. The Morgan fingerprint density at radius 1 is 1.53 bits per heavy atom. The first-order chi connectivity index (χ1) is 7.26. The summed E-state index contributed by atoms with van der Waals surface area (Å²) in [6, 6.07) is 0. The summed E-state index contributed by atoms with van der Waals surface area (Å²) in [6.45, 7) is 5.02. The molecule has 1 heterocycles. The summed E-state index contributed by atoms with van der Waals surface area (Å²) < 4.78 is 0. The smallest absolute Gasteiger partial charge is 0.0941 e. The molecule has 0 saturated carbocycles. The Kier molecular flexibility index (Phi) is 5.83. The number of hydrogen-bond donors (Lipinski definition) is 1. The van der Waals surface area contributed by atoms with Gasteiger partial charge in [-0.3, -0.25) is 0 Å². The van der Waals surface area contributed by atoms with Crippen LogP contribution in [0.4, 0.5) is 0 Å². The van der Waals surface area contributed by atoms with Crippen LogP contribution in [-0.2, 0) is 13.0 Å². The van der Waals surface area contributed by atoms with Gasteiger partial charge in [0.2, 0.25) is 0 Å². The average Bonchev–Trinajstić information content (AvgIpc) is 2.63. The van der Waals surface area contributed by atoms with Crippen molar-refractivity contribution in [3.63, 3.8) is 0 Å². The molecule has 0 saturated heterocycles. The molecule has 0 aromatic carbocycles. The maximum Gasteiger partial charge on any atom is 0.0941 e. The van der Waals surface area contributed by atoms with E-state index in [1.807, 2.05) is 0 Å². The lowest BCUT2D eigenvalue weighted by Crippen LogP contribution is -2.19. The van der Waals surface area contributed by atoms with Gasteiger partial charge in [-0.05, 0) is 26.6 Å². The number of thiazole rings is 1. The van der Waals surface area contributed by atoms with Gasteiger partial charge < -0.3 is 10.6 Å². The summed E-state index contributed by atoms with van der Waals surface area (Å²) in [5.74, 6) is 0. The van der Waals surface area contributed by atoms with E-state index in [0.717, 1.165) is 24.5 Å². The van der Waals surface area contributed by atoms with Crippen molar-refractivity contribution in [1.82, 2.24) is 9.88 Å². The van der Waals surface area contributed by atoms with Gasteiger partial charge in [0.1, 0.15) is 0 Å². The van der Waals surface area contributed by atoms with Crippen molar-refractivity contribution in [3.05, 3.63) is 16.1 Å². The van der Waals surface area contributed by atoms with Crippen molar-refractivity contribution in [1.29, 1.82) is 0 Å². The molecule has 0 aliphatic heterocycles. The number of hydrogen-bond acceptors (Lipinski definition) is 4. The van der Waals surface area contributed by atoms with E-state index < -0.39 is 0 Å². The molecule has 0 radical (unpaired) electrons. The number of aromatic nitrogens is 1. The molecule has 86 valence electrons. The Bertz CT molecular complexity index is 273. The normalized spacial score (nSPS) is 11.2. The van der Waals surface area contributed by atoms with Gasteiger partial charge in [0.05, 0.1) is 10.7 Å². The van der Waals surface area contributed by atoms with Gasteiger partial charge in [-0.1, -0.05) is 13.3 Å². The van der Waals surface area contributed by atoms with Crippen LogP contribution in [0.3, 0.4) is 0 Å². The van der Waals surface area contributed by atoms with Crippen molar-refractivity contribution in [2.45, 2.75) is 32.7 Å². The van der Waals surface area contributed by atoms with Gasteiger partial charge in [-0.2, -0.15) is 0 Å². The van der Waals surface area contributed by atoms with E-state index in [1.54, 1.807) is 11.3 Å². The van der Waals surface area contributed by atoms with Gasteiger partial charge in [0, 0.05) is 18.3 Å². The molecule has 0 aliphatic carbocycles. The van der Waals surface area contributed by atoms with Gasteiger partial charge in [-0.25, -0.2) is 4.98 Å². The molecule has 0 aliphatic rings. The molecule has 2 N–H and O–H groups in total. The monoisotopic (exact) mass is 227 g/mol. The highest BCUT2D eigenvalue weighted by Crippen LogP contribution is 2.11. The molecule has 4 heteroatoms. The molecule has 0 spiro atoms. The van der Waals surface area contributed by atoms with Crippen LogP contribution in [0.1, 0.15) is 30.5 Å². The molecule has 1 rings (SSSR count). The second-order valence-corrected chi connectivity index (χ2v) is 4.81.